The summed E-state index contributed by atoms with van der Waals surface area (Å²) in [7, 11) is 0. The van der Waals surface area contributed by atoms with E-state index in [9.17, 15) is 0 Å². The second kappa shape index (κ2) is 5.51. The molecule has 0 bridgehead atoms. The third kappa shape index (κ3) is 2.18. The zero-order chi connectivity index (χ0) is 18.0. The molecule has 0 saturated heterocycles. The molecule has 0 radical (unpaired) electrons. The third-order valence-electron chi connectivity index (χ3n) is 6.13. The molecule has 0 aliphatic carbocycles. The second-order valence-corrected chi connectivity index (χ2v) is 8.06. The molecule has 0 amide bonds. The van der Waals surface area contributed by atoms with Crippen LogP contribution in [0.15, 0.2) is 36.4 Å². The maximum atomic E-state index is 2.51. The molecule has 2 aliphatic heterocycles. The zero-order valence-corrected chi connectivity index (χ0v) is 16.2. The first-order valence-corrected chi connectivity index (χ1v) is 9.70. The van der Waals surface area contributed by atoms with Crippen molar-refractivity contribution in [2.75, 3.05) is 0 Å². The first-order valence-electron chi connectivity index (χ1n) is 9.70. The fraction of sp³-hybridized carbons (Fsp3) is 0.333. The molecule has 4 heterocycles. The van der Waals surface area contributed by atoms with Gasteiger partial charge in [0, 0.05) is 51.0 Å². The van der Waals surface area contributed by atoms with Gasteiger partial charge in [0.25, 0.3) is 0 Å². The van der Waals surface area contributed by atoms with Crippen LogP contribution in [0.5, 0.6) is 0 Å². The Kier molecular flexibility index (Phi) is 3.34. The van der Waals surface area contributed by atoms with Crippen molar-refractivity contribution in [3.63, 3.8) is 0 Å². The molecule has 130 valence electrons. The monoisotopic (exact) mass is 342 g/mol. The summed E-state index contributed by atoms with van der Waals surface area (Å²) in [6.45, 7) is 11.1. The highest BCUT2D eigenvalue weighted by Crippen LogP contribution is 2.39. The van der Waals surface area contributed by atoms with E-state index in [0.717, 1.165) is 25.9 Å². The van der Waals surface area contributed by atoms with Crippen molar-refractivity contribution in [2.24, 2.45) is 0 Å². The molecule has 0 N–H and O–H groups in total. The molecule has 0 atom stereocenters. The van der Waals surface area contributed by atoms with Crippen LogP contribution in [0.1, 0.15) is 33.6 Å². The Morgan fingerprint density at radius 2 is 1.04 bits per heavy atom. The van der Waals surface area contributed by atoms with E-state index in [1.165, 1.54) is 56.2 Å². The molecule has 5 rings (SSSR count). The van der Waals surface area contributed by atoms with Gasteiger partial charge < -0.3 is 0 Å². The van der Waals surface area contributed by atoms with Crippen molar-refractivity contribution in [1.82, 2.24) is 0 Å². The van der Waals surface area contributed by atoms with Crippen LogP contribution in [0.4, 0.5) is 0 Å². The van der Waals surface area contributed by atoms with Crippen LogP contribution < -0.4 is 9.13 Å². The SMILES string of the molecule is Cc1cc(C)[n+]2c(c1)-c1c(ccc3c1-c1cc(C)cc(C)[n+]1CC3)CC2. The van der Waals surface area contributed by atoms with Crippen LogP contribution in [-0.4, -0.2) is 0 Å². The van der Waals surface area contributed by atoms with E-state index in [2.05, 4.69) is 73.2 Å². The van der Waals surface area contributed by atoms with Crippen molar-refractivity contribution < 1.29 is 9.13 Å². The van der Waals surface area contributed by atoms with Gasteiger partial charge in [-0.2, -0.15) is 9.13 Å². The highest BCUT2D eigenvalue weighted by molar-refractivity contribution is 5.84. The smallest absolute Gasteiger partial charge is 0.195 e. The van der Waals surface area contributed by atoms with Crippen molar-refractivity contribution in [3.05, 3.63) is 70.0 Å². The average molecular weight is 342 g/mol. The predicted molar refractivity (Wildman–Crippen MR) is 104 cm³/mol. The van der Waals surface area contributed by atoms with E-state index in [1.807, 2.05) is 0 Å². The first kappa shape index (κ1) is 15.7. The Bertz CT molecular complexity index is 990. The van der Waals surface area contributed by atoms with Crippen molar-refractivity contribution in [3.8, 4) is 22.5 Å². The molecule has 2 aromatic heterocycles. The van der Waals surface area contributed by atoms with Crippen molar-refractivity contribution >= 4 is 0 Å². The summed E-state index contributed by atoms with van der Waals surface area (Å²) in [5.41, 5.74) is 14.2. The second-order valence-electron chi connectivity index (χ2n) is 8.06. The number of hydrogen-bond donors (Lipinski definition) is 0. The maximum absolute atomic E-state index is 2.51. The molecule has 0 fully saturated rings. The van der Waals surface area contributed by atoms with Crippen molar-refractivity contribution in [2.45, 2.75) is 53.6 Å². The summed E-state index contributed by atoms with van der Waals surface area (Å²) in [4.78, 5) is 0. The number of benzene rings is 1. The van der Waals surface area contributed by atoms with E-state index >= 15 is 0 Å². The number of aromatic nitrogens is 2. The van der Waals surface area contributed by atoms with Gasteiger partial charge in [-0.3, -0.25) is 0 Å². The van der Waals surface area contributed by atoms with Crippen LogP contribution in [-0.2, 0) is 25.9 Å². The lowest BCUT2D eigenvalue weighted by molar-refractivity contribution is -0.695. The van der Waals surface area contributed by atoms with Gasteiger partial charge in [-0.25, -0.2) is 0 Å². The zero-order valence-electron chi connectivity index (χ0n) is 16.2. The molecule has 0 unspecified atom stereocenters. The summed E-state index contributed by atoms with van der Waals surface area (Å²) >= 11 is 0. The molecule has 0 saturated carbocycles. The number of aryl methyl sites for hydroxylation is 6. The van der Waals surface area contributed by atoms with E-state index in [-0.39, 0.29) is 0 Å². The first-order chi connectivity index (χ1) is 12.5. The number of hydrogen-bond acceptors (Lipinski definition) is 0. The van der Waals surface area contributed by atoms with E-state index < -0.39 is 0 Å². The fourth-order valence-electron chi connectivity index (χ4n) is 5.03. The highest BCUT2D eigenvalue weighted by Gasteiger charge is 2.34. The van der Waals surface area contributed by atoms with Gasteiger partial charge in [0.1, 0.15) is 0 Å². The Labute approximate surface area is 155 Å². The molecule has 2 heteroatoms. The molecular formula is C24H26N2+2. The van der Waals surface area contributed by atoms with Crippen LogP contribution in [0, 0.1) is 27.7 Å². The summed E-state index contributed by atoms with van der Waals surface area (Å²) in [6, 6.07) is 14.1. The Balaban J connectivity index is 1.89. The summed E-state index contributed by atoms with van der Waals surface area (Å²) in [6.07, 6.45) is 2.24. The Morgan fingerprint density at radius 3 is 1.46 bits per heavy atom. The molecule has 26 heavy (non-hydrogen) atoms. The Hall–Kier alpha value is -2.48. The molecular weight excluding hydrogens is 316 g/mol. The van der Waals surface area contributed by atoms with E-state index in [0.29, 0.717) is 0 Å². The van der Waals surface area contributed by atoms with Crippen LogP contribution in [0.2, 0.25) is 0 Å². The average Bonchev–Trinajstić information content (AvgIpc) is 2.60. The standard InChI is InChI=1S/C24H26N2/c1-15-11-17(3)25-9-7-19-5-6-20-8-10-26-18(4)12-16(2)14-22(26)24(20)23(19)21(25)13-15/h5-6,11-14H,7-10H2,1-4H3/q+2. The molecule has 2 nitrogen and oxygen atoms in total. The summed E-state index contributed by atoms with van der Waals surface area (Å²) in [5, 5.41) is 0. The largest absolute Gasteiger partial charge is 0.214 e. The predicted octanol–water partition coefficient (Wildman–Crippen LogP) is 3.94. The fourth-order valence-corrected chi connectivity index (χ4v) is 5.03. The quantitative estimate of drug-likeness (QED) is 0.547. The molecule has 0 spiro atoms. The lowest BCUT2D eigenvalue weighted by atomic mass is 9.84. The number of nitrogens with zero attached hydrogens (tertiary/aromatic N) is 2. The number of rotatable bonds is 0. The van der Waals surface area contributed by atoms with Gasteiger partial charge in [-0.05, 0) is 36.1 Å². The minimum atomic E-state index is 1.08. The van der Waals surface area contributed by atoms with Crippen LogP contribution >= 0.6 is 0 Å². The van der Waals surface area contributed by atoms with E-state index in [1.54, 1.807) is 0 Å². The van der Waals surface area contributed by atoms with Gasteiger partial charge >= 0.3 is 0 Å². The Morgan fingerprint density at radius 1 is 0.615 bits per heavy atom. The lowest BCUT2D eigenvalue weighted by Gasteiger charge is -2.24. The van der Waals surface area contributed by atoms with Gasteiger partial charge in [0.15, 0.2) is 24.5 Å². The molecule has 3 aromatic rings. The van der Waals surface area contributed by atoms with Crippen LogP contribution in [0.3, 0.4) is 0 Å². The van der Waals surface area contributed by atoms with Gasteiger partial charge in [0.05, 0.1) is 11.1 Å². The highest BCUT2D eigenvalue weighted by atomic mass is 15.0. The van der Waals surface area contributed by atoms with Gasteiger partial charge in [-0.15, -0.1) is 0 Å². The number of pyridine rings is 2. The van der Waals surface area contributed by atoms with Crippen LogP contribution in [0.25, 0.3) is 22.5 Å². The van der Waals surface area contributed by atoms with E-state index in [4.69, 9.17) is 0 Å². The van der Waals surface area contributed by atoms with Crippen molar-refractivity contribution in [1.29, 1.82) is 0 Å². The normalized spacial score (nSPS) is 14.3. The minimum Gasteiger partial charge on any atom is -0.195 e. The molecule has 1 aromatic carbocycles. The minimum absolute atomic E-state index is 1.08. The van der Waals surface area contributed by atoms with Gasteiger partial charge in [-0.1, -0.05) is 12.1 Å². The van der Waals surface area contributed by atoms with Gasteiger partial charge in [0.2, 0.25) is 11.4 Å². The topological polar surface area (TPSA) is 7.76 Å². The maximum Gasteiger partial charge on any atom is 0.214 e. The lowest BCUT2D eigenvalue weighted by Crippen LogP contribution is -2.46. The summed E-state index contributed by atoms with van der Waals surface area (Å²) < 4.78 is 5.02. The summed E-state index contributed by atoms with van der Waals surface area (Å²) in [5.74, 6) is 0. The molecule has 2 aliphatic rings. The number of fused-ring (bicyclic) bond motifs is 7. The third-order valence-corrected chi connectivity index (χ3v) is 6.13.